The Balaban J connectivity index is 1.78. The van der Waals surface area contributed by atoms with Crippen molar-refractivity contribution in [1.29, 1.82) is 0 Å². The van der Waals surface area contributed by atoms with Crippen molar-refractivity contribution in [3.05, 3.63) is 35.4 Å². The largest absolute Gasteiger partial charge is 0.322 e. The van der Waals surface area contributed by atoms with E-state index in [1.54, 1.807) is 0 Å². The molecular formula is C16H21F2N. The monoisotopic (exact) mass is 265 g/mol. The molecule has 3 heteroatoms. The Bertz CT molecular complexity index is 463. The molecule has 2 saturated carbocycles. The Morgan fingerprint density at radius 3 is 2.37 bits per heavy atom. The van der Waals surface area contributed by atoms with Gasteiger partial charge in [-0.3, -0.25) is 0 Å². The molecule has 0 heterocycles. The van der Waals surface area contributed by atoms with Gasteiger partial charge in [-0.1, -0.05) is 6.42 Å². The van der Waals surface area contributed by atoms with Crippen LogP contribution in [0.15, 0.2) is 18.2 Å². The Labute approximate surface area is 113 Å². The summed E-state index contributed by atoms with van der Waals surface area (Å²) in [4.78, 5) is 0. The summed E-state index contributed by atoms with van der Waals surface area (Å²) in [5.74, 6) is 1.20. The average molecular weight is 265 g/mol. The molecule has 0 radical (unpaired) electrons. The first kappa shape index (κ1) is 13.0. The summed E-state index contributed by atoms with van der Waals surface area (Å²) in [7, 11) is 0. The van der Waals surface area contributed by atoms with Gasteiger partial charge in [0, 0.05) is 11.6 Å². The zero-order valence-corrected chi connectivity index (χ0v) is 11.3. The van der Waals surface area contributed by atoms with Gasteiger partial charge in [0.15, 0.2) is 0 Å². The Morgan fingerprint density at radius 1 is 1.16 bits per heavy atom. The summed E-state index contributed by atoms with van der Waals surface area (Å²) in [6.45, 7) is 1.90. The lowest BCUT2D eigenvalue weighted by molar-refractivity contribution is 0.252. The lowest BCUT2D eigenvalue weighted by atomic mass is 9.77. The minimum atomic E-state index is -0.641. The number of hydrogen-bond acceptors (Lipinski definition) is 1. The minimum absolute atomic E-state index is 0.542. The van der Waals surface area contributed by atoms with Crippen molar-refractivity contribution >= 4 is 0 Å². The highest BCUT2D eigenvalue weighted by Gasteiger charge is 2.42. The predicted octanol–water partition coefficient (Wildman–Crippen LogP) is 3.97. The maximum Gasteiger partial charge on any atom is 0.126 e. The average Bonchev–Trinajstić information content (AvgIpc) is 2.88. The van der Waals surface area contributed by atoms with Crippen LogP contribution in [0.3, 0.4) is 0 Å². The molecule has 0 aliphatic heterocycles. The van der Waals surface area contributed by atoms with Crippen LogP contribution in [0.1, 0.15) is 44.6 Å². The molecule has 0 aromatic heterocycles. The number of benzene rings is 1. The van der Waals surface area contributed by atoms with Gasteiger partial charge in [0.25, 0.3) is 0 Å². The van der Waals surface area contributed by atoms with E-state index in [1.807, 2.05) is 6.92 Å². The zero-order chi connectivity index (χ0) is 13.6. The van der Waals surface area contributed by atoms with Crippen LogP contribution >= 0.6 is 0 Å². The maximum atomic E-state index is 13.3. The minimum Gasteiger partial charge on any atom is -0.322 e. The molecule has 1 aromatic rings. The number of halogens is 2. The molecule has 2 aliphatic carbocycles. The van der Waals surface area contributed by atoms with E-state index in [4.69, 9.17) is 5.73 Å². The summed E-state index contributed by atoms with van der Waals surface area (Å²) in [5, 5.41) is 0. The quantitative estimate of drug-likeness (QED) is 0.879. The van der Waals surface area contributed by atoms with E-state index in [0.29, 0.717) is 11.5 Å². The molecule has 2 fully saturated rings. The third-order valence-electron chi connectivity index (χ3n) is 5.09. The predicted molar refractivity (Wildman–Crippen MR) is 71.5 cm³/mol. The zero-order valence-electron chi connectivity index (χ0n) is 11.3. The van der Waals surface area contributed by atoms with Gasteiger partial charge in [-0.25, -0.2) is 8.78 Å². The van der Waals surface area contributed by atoms with Gasteiger partial charge >= 0.3 is 0 Å². The first-order chi connectivity index (χ1) is 8.94. The first-order valence-electron chi connectivity index (χ1n) is 7.19. The first-order valence-corrected chi connectivity index (χ1v) is 7.19. The SMILES string of the molecule is CC(N)(CC1CC2CCC1C2)c1cc(F)cc(F)c1. The van der Waals surface area contributed by atoms with E-state index in [-0.39, 0.29) is 0 Å². The number of nitrogens with two attached hydrogens (primary N) is 1. The van der Waals surface area contributed by atoms with Crippen LogP contribution in [-0.4, -0.2) is 0 Å². The molecule has 0 spiro atoms. The summed E-state index contributed by atoms with van der Waals surface area (Å²) >= 11 is 0. The molecule has 4 atom stereocenters. The molecule has 2 bridgehead atoms. The smallest absolute Gasteiger partial charge is 0.126 e. The molecule has 2 N–H and O–H groups in total. The fourth-order valence-corrected chi connectivity index (χ4v) is 4.17. The van der Waals surface area contributed by atoms with Gasteiger partial charge in [0.2, 0.25) is 0 Å². The third-order valence-corrected chi connectivity index (χ3v) is 5.09. The molecule has 1 aromatic carbocycles. The molecular weight excluding hydrogens is 244 g/mol. The normalized spacial score (nSPS) is 32.5. The highest BCUT2D eigenvalue weighted by molar-refractivity contribution is 5.25. The Hall–Kier alpha value is -0.960. The van der Waals surface area contributed by atoms with Gasteiger partial charge in [0.05, 0.1) is 0 Å². The van der Waals surface area contributed by atoms with Gasteiger partial charge in [0.1, 0.15) is 11.6 Å². The summed E-state index contributed by atoms with van der Waals surface area (Å²) in [5.41, 5.74) is 6.29. The molecule has 1 nitrogen and oxygen atoms in total. The second-order valence-electron chi connectivity index (χ2n) is 6.71. The molecule has 0 saturated heterocycles. The van der Waals surface area contributed by atoms with E-state index in [0.717, 1.165) is 24.3 Å². The molecule has 2 aliphatic rings. The summed E-state index contributed by atoms with van der Waals surface area (Å²) < 4.78 is 26.7. The highest BCUT2D eigenvalue weighted by Crippen LogP contribution is 2.51. The fraction of sp³-hybridized carbons (Fsp3) is 0.625. The van der Waals surface area contributed by atoms with Gasteiger partial charge in [-0.05, 0) is 68.1 Å². The number of hydrogen-bond donors (Lipinski definition) is 1. The van der Waals surface area contributed by atoms with Crippen LogP contribution in [0.2, 0.25) is 0 Å². The highest BCUT2D eigenvalue weighted by atomic mass is 19.1. The van der Waals surface area contributed by atoms with Crippen molar-refractivity contribution in [1.82, 2.24) is 0 Å². The fourth-order valence-electron chi connectivity index (χ4n) is 4.17. The van der Waals surface area contributed by atoms with Crippen molar-refractivity contribution in [2.45, 2.75) is 44.6 Å². The lowest BCUT2D eigenvalue weighted by Crippen LogP contribution is -2.36. The molecule has 4 unspecified atom stereocenters. The summed E-state index contributed by atoms with van der Waals surface area (Å²) in [6, 6.07) is 3.64. The van der Waals surface area contributed by atoms with E-state index in [9.17, 15) is 8.78 Å². The Morgan fingerprint density at radius 2 is 1.84 bits per heavy atom. The third kappa shape index (κ3) is 2.53. The van der Waals surface area contributed by atoms with Crippen molar-refractivity contribution in [2.24, 2.45) is 23.5 Å². The number of fused-ring (bicyclic) bond motifs is 2. The van der Waals surface area contributed by atoms with Gasteiger partial charge < -0.3 is 5.73 Å². The van der Waals surface area contributed by atoms with Crippen molar-refractivity contribution in [3.63, 3.8) is 0 Å². The lowest BCUT2D eigenvalue weighted by Gasteiger charge is -2.32. The van der Waals surface area contributed by atoms with Crippen LogP contribution in [-0.2, 0) is 5.54 Å². The molecule has 3 rings (SSSR count). The standard InChI is InChI=1S/C16H21F2N/c1-16(19,13-6-14(17)8-15(18)7-13)9-12-5-10-2-3-11(12)4-10/h6-8,10-12H,2-5,9,19H2,1H3. The van der Waals surface area contributed by atoms with E-state index in [2.05, 4.69) is 0 Å². The van der Waals surface area contributed by atoms with Gasteiger partial charge in [-0.15, -0.1) is 0 Å². The molecule has 104 valence electrons. The van der Waals surface area contributed by atoms with Crippen LogP contribution < -0.4 is 5.73 Å². The maximum absolute atomic E-state index is 13.3. The van der Waals surface area contributed by atoms with Gasteiger partial charge in [-0.2, -0.15) is 0 Å². The topological polar surface area (TPSA) is 26.0 Å². The van der Waals surface area contributed by atoms with Crippen LogP contribution in [0.4, 0.5) is 8.78 Å². The second kappa shape index (κ2) is 4.55. The van der Waals surface area contributed by atoms with E-state index >= 15 is 0 Å². The molecule has 19 heavy (non-hydrogen) atoms. The van der Waals surface area contributed by atoms with Crippen molar-refractivity contribution in [3.8, 4) is 0 Å². The molecule has 0 amide bonds. The van der Waals surface area contributed by atoms with E-state index < -0.39 is 17.2 Å². The number of rotatable bonds is 3. The van der Waals surface area contributed by atoms with Crippen LogP contribution in [0, 0.1) is 29.4 Å². The van der Waals surface area contributed by atoms with E-state index in [1.165, 1.54) is 37.8 Å². The second-order valence-corrected chi connectivity index (χ2v) is 6.71. The van der Waals surface area contributed by atoms with Crippen molar-refractivity contribution < 1.29 is 8.78 Å². The Kier molecular flexibility index (Phi) is 3.12. The van der Waals surface area contributed by atoms with Crippen LogP contribution in [0.5, 0.6) is 0 Å². The summed E-state index contributed by atoms with van der Waals surface area (Å²) in [6.07, 6.45) is 6.07. The van der Waals surface area contributed by atoms with Crippen molar-refractivity contribution in [2.75, 3.05) is 0 Å². The van der Waals surface area contributed by atoms with Crippen LogP contribution in [0.25, 0.3) is 0 Å².